The summed E-state index contributed by atoms with van der Waals surface area (Å²) < 4.78 is 28.1. The minimum atomic E-state index is -3.05. The lowest BCUT2D eigenvalue weighted by Crippen LogP contribution is -2.53. The van der Waals surface area contributed by atoms with Crippen molar-refractivity contribution in [1.29, 1.82) is 0 Å². The molecule has 2 fully saturated rings. The standard InChI is InChI=1S/C12H18F2O2S/c13-12(14)5-6-17-8-11(12,10(15)16)7-9-3-1-2-4-9/h9H,1-8H2,(H,15,16). The zero-order valence-electron chi connectivity index (χ0n) is 9.75. The van der Waals surface area contributed by atoms with Crippen molar-refractivity contribution in [2.45, 2.75) is 44.4 Å². The number of alkyl halides is 2. The number of hydrogen-bond donors (Lipinski definition) is 1. The first kappa shape index (κ1) is 13.1. The Morgan fingerprint density at radius 3 is 2.53 bits per heavy atom. The van der Waals surface area contributed by atoms with Gasteiger partial charge in [-0.15, -0.1) is 0 Å². The predicted molar refractivity (Wildman–Crippen MR) is 63.5 cm³/mol. The van der Waals surface area contributed by atoms with Crippen LogP contribution in [-0.2, 0) is 4.79 Å². The van der Waals surface area contributed by atoms with Gasteiger partial charge in [0.15, 0.2) is 0 Å². The van der Waals surface area contributed by atoms with Gasteiger partial charge in [0.2, 0.25) is 0 Å². The summed E-state index contributed by atoms with van der Waals surface area (Å²) in [5.74, 6) is -3.75. The molecule has 0 spiro atoms. The third-order valence-electron chi connectivity index (χ3n) is 4.13. The molecular weight excluding hydrogens is 246 g/mol. The van der Waals surface area contributed by atoms with Crippen LogP contribution in [0.15, 0.2) is 0 Å². The molecule has 2 rings (SSSR count). The third kappa shape index (κ3) is 2.30. The smallest absolute Gasteiger partial charge is 0.316 e. The predicted octanol–water partition coefficient (Wildman–Crippen LogP) is 3.41. The molecule has 1 unspecified atom stereocenters. The Bertz CT molecular complexity index is 303. The second-order valence-electron chi connectivity index (χ2n) is 5.25. The average molecular weight is 264 g/mol. The van der Waals surface area contributed by atoms with Gasteiger partial charge in [-0.3, -0.25) is 4.79 Å². The highest BCUT2D eigenvalue weighted by Gasteiger charge is 2.61. The van der Waals surface area contributed by atoms with E-state index in [1.807, 2.05) is 0 Å². The first-order valence-electron chi connectivity index (χ1n) is 6.17. The Morgan fingerprint density at radius 1 is 1.35 bits per heavy atom. The molecule has 5 heteroatoms. The van der Waals surface area contributed by atoms with Gasteiger partial charge in [0, 0.05) is 12.2 Å². The zero-order valence-corrected chi connectivity index (χ0v) is 10.6. The fourth-order valence-electron chi connectivity index (χ4n) is 3.01. The van der Waals surface area contributed by atoms with E-state index >= 15 is 0 Å². The van der Waals surface area contributed by atoms with Crippen LogP contribution in [0.2, 0.25) is 0 Å². The van der Waals surface area contributed by atoms with Gasteiger partial charge in [-0.1, -0.05) is 25.7 Å². The number of halogens is 2. The van der Waals surface area contributed by atoms with Gasteiger partial charge in [-0.2, -0.15) is 11.8 Å². The fourth-order valence-corrected chi connectivity index (χ4v) is 4.36. The number of carboxylic acid groups (broad SMARTS) is 1. The summed E-state index contributed by atoms with van der Waals surface area (Å²) in [6.45, 7) is 0. The summed E-state index contributed by atoms with van der Waals surface area (Å²) >= 11 is 1.36. The van der Waals surface area contributed by atoms with E-state index in [1.165, 1.54) is 11.8 Å². The molecule has 1 heterocycles. The van der Waals surface area contributed by atoms with E-state index < -0.39 is 17.3 Å². The summed E-state index contributed by atoms with van der Waals surface area (Å²) in [4.78, 5) is 11.4. The minimum Gasteiger partial charge on any atom is -0.481 e. The maximum Gasteiger partial charge on any atom is 0.316 e. The van der Waals surface area contributed by atoms with Gasteiger partial charge in [-0.05, 0) is 18.1 Å². The fraction of sp³-hybridized carbons (Fsp3) is 0.917. The number of carboxylic acids is 1. The van der Waals surface area contributed by atoms with Gasteiger partial charge >= 0.3 is 5.97 Å². The van der Waals surface area contributed by atoms with Gasteiger partial charge in [0.05, 0.1) is 0 Å². The molecule has 0 amide bonds. The van der Waals surface area contributed by atoms with Crippen molar-refractivity contribution in [2.24, 2.45) is 11.3 Å². The molecule has 2 aliphatic rings. The van der Waals surface area contributed by atoms with Crippen molar-refractivity contribution in [2.75, 3.05) is 11.5 Å². The van der Waals surface area contributed by atoms with Crippen LogP contribution in [0.5, 0.6) is 0 Å². The Kier molecular flexibility index (Phi) is 3.66. The molecule has 0 aromatic rings. The van der Waals surface area contributed by atoms with Crippen LogP contribution in [-0.4, -0.2) is 28.5 Å². The molecule has 17 heavy (non-hydrogen) atoms. The molecule has 2 nitrogen and oxygen atoms in total. The van der Waals surface area contributed by atoms with Gasteiger partial charge in [-0.25, -0.2) is 8.78 Å². The SMILES string of the molecule is O=C(O)C1(CC2CCCC2)CSCCC1(F)F. The van der Waals surface area contributed by atoms with Crippen molar-refractivity contribution in [3.63, 3.8) is 0 Å². The number of thioether (sulfide) groups is 1. The average Bonchev–Trinajstić information content (AvgIpc) is 2.73. The highest BCUT2D eigenvalue weighted by molar-refractivity contribution is 7.99. The van der Waals surface area contributed by atoms with Crippen molar-refractivity contribution >= 4 is 17.7 Å². The topological polar surface area (TPSA) is 37.3 Å². The van der Waals surface area contributed by atoms with Gasteiger partial charge < -0.3 is 5.11 Å². The monoisotopic (exact) mass is 264 g/mol. The van der Waals surface area contributed by atoms with Crippen molar-refractivity contribution in [3.8, 4) is 0 Å². The van der Waals surface area contributed by atoms with Crippen LogP contribution in [0.1, 0.15) is 38.5 Å². The van der Waals surface area contributed by atoms with Crippen LogP contribution >= 0.6 is 11.8 Å². The Hall–Kier alpha value is -0.320. The van der Waals surface area contributed by atoms with Crippen molar-refractivity contribution in [3.05, 3.63) is 0 Å². The summed E-state index contributed by atoms with van der Waals surface area (Å²) in [7, 11) is 0. The molecular formula is C12H18F2O2S. The first-order valence-corrected chi connectivity index (χ1v) is 7.32. The van der Waals surface area contributed by atoms with E-state index in [0.29, 0.717) is 5.75 Å². The highest BCUT2D eigenvalue weighted by Crippen LogP contribution is 2.52. The van der Waals surface area contributed by atoms with Crippen LogP contribution in [0.4, 0.5) is 8.78 Å². The van der Waals surface area contributed by atoms with E-state index in [4.69, 9.17) is 0 Å². The quantitative estimate of drug-likeness (QED) is 0.848. The molecule has 0 aromatic heterocycles. The molecule has 1 saturated heterocycles. The molecule has 98 valence electrons. The van der Waals surface area contributed by atoms with E-state index in [2.05, 4.69) is 0 Å². The number of carbonyl (C=O) groups is 1. The summed E-state index contributed by atoms with van der Waals surface area (Å²) in [5.41, 5.74) is -1.81. The summed E-state index contributed by atoms with van der Waals surface area (Å²) in [6.07, 6.45) is 3.79. The third-order valence-corrected chi connectivity index (χ3v) is 5.32. The van der Waals surface area contributed by atoms with E-state index in [1.54, 1.807) is 0 Å². The molecule has 0 radical (unpaired) electrons. The maximum atomic E-state index is 14.0. The van der Waals surface area contributed by atoms with Crippen LogP contribution in [0.25, 0.3) is 0 Å². The zero-order chi connectivity index (χ0) is 12.5. The second-order valence-corrected chi connectivity index (χ2v) is 6.35. The van der Waals surface area contributed by atoms with E-state index in [-0.39, 0.29) is 24.5 Å². The first-order chi connectivity index (χ1) is 7.98. The van der Waals surface area contributed by atoms with Crippen LogP contribution in [0.3, 0.4) is 0 Å². The number of rotatable bonds is 3. The van der Waals surface area contributed by atoms with Crippen molar-refractivity contribution in [1.82, 2.24) is 0 Å². The number of aliphatic carboxylic acids is 1. The molecule has 1 saturated carbocycles. The lowest BCUT2D eigenvalue weighted by Gasteiger charge is -2.41. The molecule has 1 atom stereocenters. The van der Waals surface area contributed by atoms with Crippen molar-refractivity contribution < 1.29 is 18.7 Å². The maximum absolute atomic E-state index is 14.0. The molecule has 0 aromatic carbocycles. The molecule has 1 aliphatic carbocycles. The van der Waals surface area contributed by atoms with E-state index in [9.17, 15) is 18.7 Å². The molecule has 0 bridgehead atoms. The van der Waals surface area contributed by atoms with Crippen LogP contribution < -0.4 is 0 Å². The van der Waals surface area contributed by atoms with Gasteiger partial charge in [0.1, 0.15) is 5.41 Å². The second kappa shape index (κ2) is 4.75. The molecule has 1 aliphatic heterocycles. The number of hydrogen-bond acceptors (Lipinski definition) is 2. The normalized spacial score (nSPS) is 33.8. The Morgan fingerprint density at radius 2 is 2.00 bits per heavy atom. The largest absolute Gasteiger partial charge is 0.481 e. The lowest BCUT2D eigenvalue weighted by molar-refractivity contribution is -0.180. The van der Waals surface area contributed by atoms with E-state index in [0.717, 1.165) is 25.7 Å². The lowest BCUT2D eigenvalue weighted by atomic mass is 9.73. The summed E-state index contributed by atoms with van der Waals surface area (Å²) in [5, 5.41) is 9.29. The van der Waals surface area contributed by atoms with Gasteiger partial charge in [0.25, 0.3) is 5.92 Å². The Labute approximate surface area is 104 Å². The highest BCUT2D eigenvalue weighted by atomic mass is 32.2. The Balaban J connectivity index is 2.20. The summed E-state index contributed by atoms with van der Waals surface area (Å²) in [6, 6.07) is 0. The van der Waals surface area contributed by atoms with Crippen LogP contribution in [0, 0.1) is 11.3 Å². The minimum absolute atomic E-state index is 0.0613. The molecule has 1 N–H and O–H groups in total.